The van der Waals surface area contributed by atoms with Gasteiger partial charge in [-0.15, -0.1) is 0 Å². The maximum absolute atomic E-state index is 13.1. The SMILES string of the molecule is CCn1c(=O)cc(C2CC2)c2cc(N(C)C(=O)c3ccc(C4CC4)cc3)ccc21. The van der Waals surface area contributed by atoms with Gasteiger partial charge in [0.15, 0.2) is 0 Å². The van der Waals surface area contributed by atoms with E-state index in [0.29, 0.717) is 23.9 Å². The maximum Gasteiger partial charge on any atom is 0.258 e. The van der Waals surface area contributed by atoms with Crippen molar-refractivity contribution < 1.29 is 4.79 Å². The van der Waals surface area contributed by atoms with Gasteiger partial charge in [0.05, 0.1) is 5.52 Å². The summed E-state index contributed by atoms with van der Waals surface area (Å²) in [6.07, 6.45) is 4.79. The first-order valence-electron chi connectivity index (χ1n) is 10.6. The van der Waals surface area contributed by atoms with Gasteiger partial charge in [-0.3, -0.25) is 9.59 Å². The van der Waals surface area contributed by atoms with E-state index in [1.54, 1.807) is 11.0 Å². The fourth-order valence-electron chi connectivity index (χ4n) is 4.29. The molecule has 0 N–H and O–H groups in total. The number of aromatic nitrogens is 1. The highest BCUT2D eigenvalue weighted by atomic mass is 16.2. The second-order valence-electron chi connectivity index (χ2n) is 8.42. The topological polar surface area (TPSA) is 42.3 Å². The van der Waals surface area contributed by atoms with Crippen LogP contribution in [0.2, 0.25) is 0 Å². The lowest BCUT2D eigenvalue weighted by molar-refractivity contribution is 0.0993. The van der Waals surface area contributed by atoms with Crippen LogP contribution in [0.3, 0.4) is 0 Å². The van der Waals surface area contributed by atoms with Crippen molar-refractivity contribution in [3.63, 3.8) is 0 Å². The summed E-state index contributed by atoms with van der Waals surface area (Å²) >= 11 is 0. The van der Waals surface area contributed by atoms with E-state index in [0.717, 1.165) is 35.0 Å². The lowest BCUT2D eigenvalue weighted by atomic mass is 10.0. The Labute approximate surface area is 170 Å². The molecule has 2 aliphatic rings. The molecule has 2 fully saturated rings. The number of hydrogen-bond donors (Lipinski definition) is 0. The molecular formula is C25H26N2O2. The van der Waals surface area contributed by atoms with E-state index in [1.807, 2.05) is 42.8 Å². The van der Waals surface area contributed by atoms with Crippen LogP contribution in [0.4, 0.5) is 5.69 Å². The number of carbonyl (C=O) groups excluding carboxylic acids is 1. The second kappa shape index (κ2) is 6.87. The van der Waals surface area contributed by atoms with Gasteiger partial charge in [-0.2, -0.15) is 0 Å². The number of amides is 1. The van der Waals surface area contributed by atoms with Gasteiger partial charge < -0.3 is 9.47 Å². The standard InChI is InChI=1S/C25H26N2O2/c1-3-27-23-13-12-20(14-22(23)21(15-24(27)28)18-8-9-18)26(2)25(29)19-10-6-17(7-11-19)16-4-5-16/h6-7,10-16,18H,3-5,8-9H2,1-2H3. The minimum absolute atomic E-state index is 0.0107. The molecule has 0 spiro atoms. The third-order valence-corrected chi connectivity index (χ3v) is 6.36. The Morgan fingerprint density at radius 1 is 1.00 bits per heavy atom. The predicted octanol–water partition coefficient (Wildman–Crippen LogP) is 5.05. The van der Waals surface area contributed by atoms with Crippen LogP contribution >= 0.6 is 0 Å². The van der Waals surface area contributed by atoms with Gasteiger partial charge in [-0.1, -0.05) is 12.1 Å². The largest absolute Gasteiger partial charge is 0.311 e. The van der Waals surface area contributed by atoms with Gasteiger partial charge in [0.2, 0.25) is 0 Å². The first kappa shape index (κ1) is 18.2. The molecule has 29 heavy (non-hydrogen) atoms. The normalized spacial score (nSPS) is 16.2. The number of fused-ring (bicyclic) bond motifs is 1. The Morgan fingerprint density at radius 3 is 2.31 bits per heavy atom. The smallest absolute Gasteiger partial charge is 0.258 e. The molecule has 2 saturated carbocycles. The molecule has 1 heterocycles. The second-order valence-corrected chi connectivity index (χ2v) is 8.42. The Hall–Kier alpha value is -2.88. The minimum atomic E-state index is -0.0107. The summed E-state index contributed by atoms with van der Waals surface area (Å²) < 4.78 is 1.81. The summed E-state index contributed by atoms with van der Waals surface area (Å²) in [4.78, 5) is 27.3. The lowest BCUT2D eigenvalue weighted by Gasteiger charge is -2.20. The average Bonchev–Trinajstić information content (AvgIpc) is 3.65. The van der Waals surface area contributed by atoms with E-state index >= 15 is 0 Å². The minimum Gasteiger partial charge on any atom is -0.311 e. The number of aryl methyl sites for hydroxylation is 1. The van der Waals surface area contributed by atoms with Crippen LogP contribution in [0.15, 0.2) is 53.3 Å². The van der Waals surface area contributed by atoms with Crippen molar-refractivity contribution in [2.24, 2.45) is 0 Å². The van der Waals surface area contributed by atoms with Crippen LogP contribution < -0.4 is 10.5 Å². The number of nitrogens with zero attached hydrogens (tertiary/aromatic N) is 2. The molecule has 0 aliphatic heterocycles. The Morgan fingerprint density at radius 2 is 1.69 bits per heavy atom. The molecule has 0 unspecified atom stereocenters. The third-order valence-electron chi connectivity index (χ3n) is 6.36. The highest BCUT2D eigenvalue weighted by molar-refractivity contribution is 6.06. The molecule has 5 rings (SSSR count). The lowest BCUT2D eigenvalue weighted by Crippen LogP contribution is -2.26. The van der Waals surface area contributed by atoms with Crippen molar-refractivity contribution in [3.8, 4) is 0 Å². The highest BCUT2D eigenvalue weighted by Crippen LogP contribution is 2.43. The summed E-state index contributed by atoms with van der Waals surface area (Å²) in [5.41, 5.74) is 5.05. The molecule has 1 aromatic heterocycles. The summed E-state index contributed by atoms with van der Waals surface area (Å²) in [7, 11) is 1.82. The summed E-state index contributed by atoms with van der Waals surface area (Å²) in [6, 6.07) is 15.9. The van der Waals surface area contributed by atoms with Crippen molar-refractivity contribution >= 4 is 22.5 Å². The van der Waals surface area contributed by atoms with Gasteiger partial charge in [-0.05, 0) is 85.9 Å². The quantitative estimate of drug-likeness (QED) is 0.616. The number of benzene rings is 2. The number of rotatable bonds is 5. The van der Waals surface area contributed by atoms with E-state index < -0.39 is 0 Å². The molecular weight excluding hydrogens is 360 g/mol. The third kappa shape index (κ3) is 3.27. The van der Waals surface area contributed by atoms with Crippen LogP contribution in [0.5, 0.6) is 0 Å². The molecule has 0 saturated heterocycles. The van der Waals surface area contributed by atoms with Crippen LogP contribution in [0.1, 0.15) is 65.9 Å². The van der Waals surface area contributed by atoms with E-state index in [1.165, 1.54) is 18.4 Å². The van der Waals surface area contributed by atoms with Crippen LogP contribution in [0.25, 0.3) is 10.9 Å². The first-order chi connectivity index (χ1) is 14.1. The van der Waals surface area contributed by atoms with Gasteiger partial charge in [0, 0.05) is 36.3 Å². The molecule has 1 amide bonds. The molecule has 0 radical (unpaired) electrons. The summed E-state index contributed by atoms with van der Waals surface area (Å²) in [5, 5.41) is 1.09. The number of pyridine rings is 1. The molecule has 2 aliphatic carbocycles. The van der Waals surface area contributed by atoms with Crippen molar-refractivity contribution in [2.45, 2.75) is 51.0 Å². The first-order valence-corrected chi connectivity index (χ1v) is 10.6. The van der Waals surface area contributed by atoms with E-state index in [-0.39, 0.29) is 11.5 Å². The zero-order valence-corrected chi connectivity index (χ0v) is 17.0. The van der Waals surface area contributed by atoms with Crippen molar-refractivity contribution in [1.82, 2.24) is 4.57 Å². The number of carbonyl (C=O) groups is 1. The molecule has 3 aromatic rings. The fourth-order valence-corrected chi connectivity index (χ4v) is 4.29. The van der Waals surface area contributed by atoms with Crippen LogP contribution in [-0.2, 0) is 6.54 Å². The predicted molar refractivity (Wildman–Crippen MR) is 117 cm³/mol. The summed E-state index contributed by atoms with van der Waals surface area (Å²) in [6.45, 7) is 2.63. The van der Waals surface area contributed by atoms with Gasteiger partial charge in [0.1, 0.15) is 0 Å². The Bertz CT molecular complexity index is 1150. The average molecular weight is 386 g/mol. The van der Waals surface area contributed by atoms with Crippen LogP contribution in [0, 0.1) is 0 Å². The monoisotopic (exact) mass is 386 g/mol. The molecule has 4 heteroatoms. The van der Waals surface area contributed by atoms with E-state index in [2.05, 4.69) is 18.2 Å². The molecule has 148 valence electrons. The van der Waals surface area contributed by atoms with E-state index in [9.17, 15) is 9.59 Å². The molecule has 4 nitrogen and oxygen atoms in total. The maximum atomic E-state index is 13.1. The highest BCUT2D eigenvalue weighted by Gasteiger charge is 2.27. The van der Waals surface area contributed by atoms with Gasteiger partial charge in [-0.25, -0.2) is 0 Å². The van der Waals surface area contributed by atoms with Crippen molar-refractivity contribution in [1.29, 1.82) is 0 Å². The molecule has 0 bridgehead atoms. The molecule has 0 atom stereocenters. The zero-order valence-electron chi connectivity index (χ0n) is 17.0. The Kier molecular flexibility index (Phi) is 4.30. The Balaban J connectivity index is 1.52. The number of anilines is 1. The van der Waals surface area contributed by atoms with Crippen molar-refractivity contribution in [3.05, 3.63) is 75.6 Å². The summed E-state index contributed by atoms with van der Waals surface area (Å²) in [5.74, 6) is 1.15. The molecule has 2 aromatic carbocycles. The van der Waals surface area contributed by atoms with Gasteiger partial charge in [0.25, 0.3) is 11.5 Å². The van der Waals surface area contributed by atoms with Gasteiger partial charge >= 0.3 is 0 Å². The van der Waals surface area contributed by atoms with Crippen molar-refractivity contribution in [2.75, 3.05) is 11.9 Å². The number of hydrogen-bond acceptors (Lipinski definition) is 2. The van der Waals surface area contributed by atoms with Crippen LogP contribution in [-0.4, -0.2) is 17.5 Å². The van der Waals surface area contributed by atoms with E-state index in [4.69, 9.17) is 0 Å². The fraction of sp³-hybridized carbons (Fsp3) is 0.360. The zero-order chi connectivity index (χ0) is 20.1.